The zero-order valence-corrected chi connectivity index (χ0v) is 9.37. The number of Topliss-reactive ketones (excluding diaryl/α,β-unsaturated/α-hetero) is 1. The molecule has 4 nitrogen and oxygen atoms in total. The van der Waals surface area contributed by atoms with Crippen LogP contribution >= 0.6 is 0 Å². The highest BCUT2D eigenvalue weighted by Crippen LogP contribution is 2.13. The molecule has 1 aromatic rings. The first-order valence-electron chi connectivity index (χ1n) is 4.46. The number of benzene rings is 1. The molecular weight excluding hydrogens is 235 g/mol. The predicted molar refractivity (Wildman–Crippen MR) is 56.4 cm³/mol. The molecule has 0 amide bonds. The van der Waals surface area contributed by atoms with E-state index in [9.17, 15) is 17.6 Å². The summed E-state index contributed by atoms with van der Waals surface area (Å²) in [6, 6.07) is 5.06. The largest absolute Gasteiger partial charge is 0.395 e. The van der Waals surface area contributed by atoms with Gasteiger partial charge < -0.3 is 5.11 Å². The molecule has 0 saturated carbocycles. The van der Waals surface area contributed by atoms with E-state index in [4.69, 9.17) is 5.11 Å². The van der Waals surface area contributed by atoms with Gasteiger partial charge in [-0.3, -0.25) is 4.79 Å². The van der Waals surface area contributed by atoms with Crippen molar-refractivity contribution in [1.29, 1.82) is 0 Å². The Bertz CT molecular complexity index is 495. The molecule has 0 aliphatic carbocycles. The molecule has 1 unspecified atom stereocenters. The average Bonchev–Trinajstić information content (AvgIpc) is 2.17. The van der Waals surface area contributed by atoms with Crippen LogP contribution in [0.25, 0.3) is 0 Å². The van der Waals surface area contributed by atoms with Crippen molar-refractivity contribution in [3.05, 3.63) is 35.6 Å². The first-order chi connectivity index (χ1) is 7.38. The highest BCUT2D eigenvalue weighted by atomic mass is 32.2. The van der Waals surface area contributed by atoms with Gasteiger partial charge in [-0.05, 0) is 12.1 Å². The zero-order valence-electron chi connectivity index (χ0n) is 8.55. The summed E-state index contributed by atoms with van der Waals surface area (Å²) in [5, 5.41) is 7.25. The molecule has 1 N–H and O–H groups in total. The summed E-state index contributed by atoms with van der Waals surface area (Å²) in [6.07, 6.45) is 0.826. The minimum absolute atomic E-state index is 0.327. The van der Waals surface area contributed by atoms with E-state index in [-0.39, 0.29) is 5.56 Å². The second-order valence-corrected chi connectivity index (χ2v) is 5.57. The second-order valence-electron chi connectivity index (χ2n) is 3.34. The lowest BCUT2D eigenvalue weighted by Gasteiger charge is -2.11. The summed E-state index contributed by atoms with van der Waals surface area (Å²) in [5.41, 5.74) is -0.327. The summed E-state index contributed by atoms with van der Waals surface area (Å²) in [7, 11) is -3.75. The van der Waals surface area contributed by atoms with E-state index in [1.807, 2.05) is 0 Å². The van der Waals surface area contributed by atoms with Gasteiger partial charge in [-0.15, -0.1) is 0 Å². The van der Waals surface area contributed by atoms with Gasteiger partial charge in [0, 0.05) is 6.26 Å². The van der Waals surface area contributed by atoms with Gasteiger partial charge >= 0.3 is 0 Å². The van der Waals surface area contributed by atoms with E-state index >= 15 is 0 Å². The molecule has 0 aliphatic rings. The fourth-order valence-corrected chi connectivity index (χ4v) is 2.03. The van der Waals surface area contributed by atoms with E-state index in [2.05, 4.69) is 0 Å². The Hall–Kier alpha value is -1.27. The fraction of sp³-hybridized carbons (Fsp3) is 0.300. The monoisotopic (exact) mass is 246 g/mol. The van der Waals surface area contributed by atoms with Gasteiger partial charge in [0.05, 0.1) is 12.2 Å². The van der Waals surface area contributed by atoms with Crippen LogP contribution < -0.4 is 0 Å². The van der Waals surface area contributed by atoms with Crippen LogP contribution in [0.3, 0.4) is 0 Å². The number of aliphatic hydroxyl groups is 1. The third-order valence-corrected chi connectivity index (χ3v) is 3.51. The molecule has 88 valence electrons. The molecule has 6 heteroatoms. The number of sulfone groups is 1. The van der Waals surface area contributed by atoms with Gasteiger partial charge in [-0.2, -0.15) is 0 Å². The van der Waals surface area contributed by atoms with Crippen LogP contribution in [0.4, 0.5) is 4.39 Å². The van der Waals surface area contributed by atoms with Crippen molar-refractivity contribution in [2.24, 2.45) is 0 Å². The highest BCUT2D eigenvalue weighted by Gasteiger charge is 2.30. The number of ketones is 1. The lowest BCUT2D eigenvalue weighted by atomic mass is 10.1. The van der Waals surface area contributed by atoms with Gasteiger partial charge in [0.1, 0.15) is 11.1 Å². The minimum Gasteiger partial charge on any atom is -0.395 e. The topological polar surface area (TPSA) is 71.4 Å². The molecule has 0 radical (unpaired) electrons. The van der Waals surface area contributed by atoms with E-state index in [0.717, 1.165) is 12.3 Å². The van der Waals surface area contributed by atoms with E-state index < -0.39 is 33.3 Å². The second kappa shape index (κ2) is 4.71. The smallest absolute Gasteiger partial charge is 0.186 e. The maximum absolute atomic E-state index is 13.2. The molecule has 0 bridgehead atoms. The number of rotatable bonds is 4. The first-order valence-corrected chi connectivity index (χ1v) is 6.42. The first kappa shape index (κ1) is 12.8. The Kier molecular flexibility index (Phi) is 3.77. The van der Waals surface area contributed by atoms with Crippen LogP contribution in [0.2, 0.25) is 0 Å². The number of hydrogen-bond acceptors (Lipinski definition) is 4. The normalized spacial score (nSPS) is 13.4. The molecule has 0 heterocycles. The van der Waals surface area contributed by atoms with Crippen LogP contribution in [-0.2, 0) is 9.84 Å². The molecule has 0 aliphatic heterocycles. The van der Waals surface area contributed by atoms with Gasteiger partial charge in [0.25, 0.3) is 0 Å². The lowest BCUT2D eigenvalue weighted by Crippen LogP contribution is -2.33. The van der Waals surface area contributed by atoms with Crippen LogP contribution in [0.15, 0.2) is 24.3 Å². The SMILES string of the molecule is CS(=O)(=O)C(CO)C(=O)c1ccccc1F. The quantitative estimate of drug-likeness (QED) is 0.781. The van der Waals surface area contributed by atoms with Gasteiger partial charge in [0.2, 0.25) is 0 Å². The van der Waals surface area contributed by atoms with Crippen molar-refractivity contribution in [3.63, 3.8) is 0 Å². The summed E-state index contributed by atoms with van der Waals surface area (Å²) >= 11 is 0. The lowest BCUT2D eigenvalue weighted by molar-refractivity contribution is 0.0958. The van der Waals surface area contributed by atoms with Gasteiger partial charge in [0.15, 0.2) is 15.6 Å². The number of halogens is 1. The standard InChI is InChI=1S/C10H11FO4S/c1-16(14,15)9(6-12)10(13)7-4-2-3-5-8(7)11/h2-5,9,12H,6H2,1H3. The Morgan fingerprint density at radius 2 is 2.00 bits per heavy atom. The molecular formula is C10H11FO4S. The number of hydrogen-bond donors (Lipinski definition) is 1. The third-order valence-electron chi connectivity index (χ3n) is 2.11. The Morgan fingerprint density at radius 3 is 2.44 bits per heavy atom. The Balaban J connectivity index is 3.16. The van der Waals surface area contributed by atoms with Crippen molar-refractivity contribution in [3.8, 4) is 0 Å². The van der Waals surface area contributed by atoms with Crippen molar-refractivity contribution < 1.29 is 22.7 Å². The minimum atomic E-state index is -3.75. The molecule has 1 rings (SSSR count). The summed E-state index contributed by atoms with van der Waals surface area (Å²) in [5.74, 6) is -1.72. The number of carbonyl (C=O) groups excluding carboxylic acids is 1. The van der Waals surface area contributed by atoms with E-state index in [1.165, 1.54) is 18.2 Å². The van der Waals surface area contributed by atoms with E-state index in [0.29, 0.717) is 0 Å². The van der Waals surface area contributed by atoms with E-state index in [1.54, 1.807) is 0 Å². The number of carbonyl (C=O) groups is 1. The maximum atomic E-state index is 13.2. The van der Waals surface area contributed by atoms with Crippen molar-refractivity contribution in [2.45, 2.75) is 5.25 Å². The molecule has 1 aromatic carbocycles. The van der Waals surface area contributed by atoms with Crippen LogP contribution in [-0.4, -0.2) is 37.4 Å². The summed E-state index contributed by atoms with van der Waals surface area (Å²) in [6.45, 7) is -0.855. The predicted octanol–water partition coefficient (Wildman–Crippen LogP) is 0.414. The Labute approximate surface area is 92.6 Å². The van der Waals surface area contributed by atoms with Gasteiger partial charge in [-0.1, -0.05) is 12.1 Å². The molecule has 0 fully saturated rings. The molecule has 0 saturated heterocycles. The molecule has 1 atom stereocenters. The summed E-state index contributed by atoms with van der Waals surface area (Å²) < 4.78 is 35.6. The molecule has 0 spiro atoms. The van der Waals surface area contributed by atoms with Crippen molar-refractivity contribution in [2.75, 3.05) is 12.9 Å². The van der Waals surface area contributed by atoms with Crippen molar-refractivity contribution in [1.82, 2.24) is 0 Å². The summed E-state index contributed by atoms with van der Waals surface area (Å²) in [4.78, 5) is 11.7. The highest BCUT2D eigenvalue weighted by molar-refractivity contribution is 7.92. The molecule has 0 aromatic heterocycles. The zero-order chi connectivity index (χ0) is 12.3. The average molecular weight is 246 g/mol. The van der Waals surface area contributed by atoms with Gasteiger partial charge in [-0.25, -0.2) is 12.8 Å². The van der Waals surface area contributed by atoms with Crippen LogP contribution in [0.1, 0.15) is 10.4 Å². The van der Waals surface area contributed by atoms with Crippen LogP contribution in [0, 0.1) is 5.82 Å². The van der Waals surface area contributed by atoms with Crippen LogP contribution in [0.5, 0.6) is 0 Å². The fourth-order valence-electron chi connectivity index (χ4n) is 1.25. The maximum Gasteiger partial charge on any atom is 0.186 e. The Morgan fingerprint density at radius 1 is 1.44 bits per heavy atom. The molecule has 16 heavy (non-hydrogen) atoms. The number of aliphatic hydroxyl groups excluding tert-OH is 1. The third kappa shape index (κ3) is 2.65. The van der Waals surface area contributed by atoms with Crippen molar-refractivity contribution >= 4 is 15.6 Å².